The van der Waals surface area contributed by atoms with Gasteiger partial charge in [-0.15, -0.1) is 36.6 Å². The summed E-state index contributed by atoms with van der Waals surface area (Å²) in [5.41, 5.74) is 0. The van der Waals surface area contributed by atoms with Crippen molar-refractivity contribution < 1.29 is 4.79 Å². The third-order valence-electron chi connectivity index (χ3n) is 3.14. The molecule has 0 aliphatic carbocycles. The molecule has 2 atom stereocenters. The van der Waals surface area contributed by atoms with Crippen molar-refractivity contribution in [2.75, 3.05) is 31.8 Å². The highest BCUT2D eigenvalue weighted by Gasteiger charge is 2.21. The lowest BCUT2D eigenvalue weighted by Gasteiger charge is -2.23. The molecule has 1 heterocycles. The minimum absolute atomic E-state index is 0. The molecule has 1 aliphatic heterocycles. The summed E-state index contributed by atoms with van der Waals surface area (Å²) in [7, 11) is 2.10. The molecule has 1 aliphatic rings. The van der Waals surface area contributed by atoms with E-state index in [9.17, 15) is 4.79 Å². The topological polar surface area (TPSA) is 44.4 Å². The lowest BCUT2D eigenvalue weighted by atomic mass is 10.2. The van der Waals surface area contributed by atoms with Crippen molar-refractivity contribution in [3.8, 4) is 0 Å². The van der Waals surface area contributed by atoms with Crippen molar-refractivity contribution in [2.24, 2.45) is 0 Å². The number of halogens is 2. The maximum absolute atomic E-state index is 11.7. The number of nitrogens with zero attached hydrogens (tertiary/aromatic N) is 1. The highest BCUT2D eigenvalue weighted by atomic mass is 35.5. The molecule has 2 unspecified atom stereocenters. The Morgan fingerprint density at radius 2 is 2.22 bits per heavy atom. The van der Waals surface area contributed by atoms with Crippen LogP contribution in [0.2, 0.25) is 0 Å². The predicted octanol–water partition coefficient (Wildman–Crippen LogP) is 1.34. The standard InChI is InChI=1S/C11H23N3OS.2ClH/c1-4-9(2)14(3)6-5-12-11(15)10-7-16-8-13-10;;/h9-10,13H,4-8H2,1-3H3,(H,12,15);2*1H. The van der Waals surface area contributed by atoms with E-state index in [2.05, 4.69) is 36.4 Å². The number of likely N-dealkylation sites (N-methyl/N-ethyl adjacent to an activating group) is 1. The summed E-state index contributed by atoms with van der Waals surface area (Å²) in [4.78, 5) is 13.9. The molecular weight excluding hydrogens is 293 g/mol. The molecule has 4 nitrogen and oxygen atoms in total. The van der Waals surface area contributed by atoms with Gasteiger partial charge in [-0.05, 0) is 20.4 Å². The van der Waals surface area contributed by atoms with Crippen LogP contribution >= 0.6 is 36.6 Å². The lowest BCUT2D eigenvalue weighted by molar-refractivity contribution is -0.122. The summed E-state index contributed by atoms with van der Waals surface area (Å²) < 4.78 is 0. The van der Waals surface area contributed by atoms with E-state index in [0.717, 1.165) is 31.1 Å². The number of nitrogens with one attached hydrogen (secondary N) is 2. The molecule has 1 fully saturated rings. The number of thioether (sulfide) groups is 1. The maximum atomic E-state index is 11.7. The summed E-state index contributed by atoms with van der Waals surface area (Å²) in [5, 5.41) is 6.14. The third-order valence-corrected chi connectivity index (χ3v) is 4.08. The Morgan fingerprint density at radius 1 is 1.56 bits per heavy atom. The van der Waals surface area contributed by atoms with Crippen molar-refractivity contribution in [1.29, 1.82) is 0 Å². The van der Waals surface area contributed by atoms with Gasteiger partial charge in [0.1, 0.15) is 0 Å². The first-order chi connectivity index (χ1) is 7.65. The minimum Gasteiger partial charge on any atom is -0.353 e. The SMILES string of the molecule is CCC(C)N(C)CCNC(=O)C1CSCN1.Cl.Cl. The Morgan fingerprint density at radius 3 is 2.72 bits per heavy atom. The summed E-state index contributed by atoms with van der Waals surface area (Å²) in [5.74, 6) is 1.93. The van der Waals surface area contributed by atoms with Gasteiger partial charge in [0.2, 0.25) is 5.91 Å². The number of carbonyl (C=O) groups is 1. The fraction of sp³-hybridized carbons (Fsp3) is 0.909. The second kappa shape index (κ2) is 11.2. The third kappa shape index (κ3) is 7.04. The molecule has 0 radical (unpaired) electrons. The summed E-state index contributed by atoms with van der Waals surface area (Å²) >= 11 is 1.78. The molecule has 0 aromatic carbocycles. The molecule has 18 heavy (non-hydrogen) atoms. The summed E-state index contributed by atoms with van der Waals surface area (Å²) in [6.45, 7) is 6.04. The van der Waals surface area contributed by atoms with Crippen LogP contribution in [0.4, 0.5) is 0 Å². The zero-order valence-corrected chi connectivity index (χ0v) is 13.7. The number of rotatable bonds is 6. The molecule has 7 heteroatoms. The van der Waals surface area contributed by atoms with E-state index < -0.39 is 0 Å². The number of hydrogen-bond acceptors (Lipinski definition) is 4. The first-order valence-corrected chi connectivity index (χ1v) is 7.09. The highest BCUT2D eigenvalue weighted by molar-refractivity contribution is 7.99. The average molecular weight is 318 g/mol. The second-order valence-corrected chi connectivity index (χ2v) is 5.33. The molecule has 0 bridgehead atoms. The Hall–Kier alpha value is 0.320. The van der Waals surface area contributed by atoms with Gasteiger partial charge in [0, 0.05) is 30.8 Å². The molecule has 0 aromatic heterocycles. The molecule has 1 saturated heterocycles. The van der Waals surface area contributed by atoms with E-state index in [1.807, 2.05) is 0 Å². The zero-order chi connectivity index (χ0) is 12.0. The second-order valence-electron chi connectivity index (χ2n) is 4.30. The van der Waals surface area contributed by atoms with Crippen LogP contribution in [0.5, 0.6) is 0 Å². The molecular formula is C11H25Cl2N3OS. The molecule has 1 amide bonds. The van der Waals surface area contributed by atoms with Crippen LogP contribution in [0.3, 0.4) is 0 Å². The number of carbonyl (C=O) groups excluding carboxylic acids is 1. The number of hydrogen-bond donors (Lipinski definition) is 2. The van der Waals surface area contributed by atoms with E-state index in [0.29, 0.717) is 6.04 Å². The van der Waals surface area contributed by atoms with Crippen molar-refractivity contribution in [3.63, 3.8) is 0 Å². The van der Waals surface area contributed by atoms with Crippen LogP contribution in [0.1, 0.15) is 20.3 Å². The van der Waals surface area contributed by atoms with Gasteiger partial charge in [-0.3, -0.25) is 10.1 Å². The Bertz CT molecular complexity index is 228. The van der Waals surface area contributed by atoms with Gasteiger partial charge in [-0.1, -0.05) is 6.92 Å². The fourth-order valence-electron chi connectivity index (χ4n) is 1.57. The zero-order valence-electron chi connectivity index (χ0n) is 11.3. The molecule has 0 spiro atoms. The van der Waals surface area contributed by atoms with Crippen molar-refractivity contribution in [1.82, 2.24) is 15.5 Å². The molecule has 0 aromatic rings. The van der Waals surface area contributed by atoms with Crippen LogP contribution in [0.25, 0.3) is 0 Å². The van der Waals surface area contributed by atoms with E-state index in [1.54, 1.807) is 11.8 Å². The van der Waals surface area contributed by atoms with Crippen LogP contribution in [0, 0.1) is 0 Å². The highest BCUT2D eigenvalue weighted by Crippen LogP contribution is 2.09. The van der Waals surface area contributed by atoms with Gasteiger partial charge < -0.3 is 10.2 Å². The molecule has 1 rings (SSSR count). The largest absolute Gasteiger partial charge is 0.353 e. The smallest absolute Gasteiger partial charge is 0.238 e. The van der Waals surface area contributed by atoms with E-state index in [-0.39, 0.29) is 36.8 Å². The van der Waals surface area contributed by atoms with Crippen LogP contribution in [-0.4, -0.2) is 54.7 Å². The van der Waals surface area contributed by atoms with Gasteiger partial charge in [0.15, 0.2) is 0 Å². The summed E-state index contributed by atoms with van der Waals surface area (Å²) in [6.07, 6.45) is 1.14. The van der Waals surface area contributed by atoms with Crippen LogP contribution in [0.15, 0.2) is 0 Å². The van der Waals surface area contributed by atoms with Gasteiger partial charge in [0.05, 0.1) is 6.04 Å². The maximum Gasteiger partial charge on any atom is 0.238 e. The average Bonchev–Trinajstić information content (AvgIpc) is 2.81. The normalized spacial score (nSPS) is 19.9. The molecule has 2 N–H and O–H groups in total. The van der Waals surface area contributed by atoms with Gasteiger partial charge >= 0.3 is 0 Å². The molecule has 110 valence electrons. The van der Waals surface area contributed by atoms with Crippen molar-refractivity contribution >= 4 is 42.5 Å². The van der Waals surface area contributed by atoms with Crippen molar-refractivity contribution in [2.45, 2.75) is 32.4 Å². The molecule has 0 saturated carbocycles. The first-order valence-electron chi connectivity index (χ1n) is 5.94. The van der Waals surface area contributed by atoms with E-state index in [1.165, 1.54) is 0 Å². The van der Waals surface area contributed by atoms with Gasteiger partial charge in [-0.2, -0.15) is 0 Å². The predicted molar refractivity (Wildman–Crippen MR) is 84.1 cm³/mol. The minimum atomic E-state index is 0. The van der Waals surface area contributed by atoms with Crippen LogP contribution < -0.4 is 10.6 Å². The van der Waals surface area contributed by atoms with E-state index >= 15 is 0 Å². The Kier molecular flexibility index (Phi) is 12.8. The van der Waals surface area contributed by atoms with Crippen molar-refractivity contribution in [3.05, 3.63) is 0 Å². The Balaban J connectivity index is 0. The van der Waals surface area contributed by atoms with E-state index in [4.69, 9.17) is 0 Å². The quantitative estimate of drug-likeness (QED) is 0.776. The Labute approximate surface area is 127 Å². The van der Waals surface area contributed by atoms with Gasteiger partial charge in [-0.25, -0.2) is 0 Å². The first kappa shape index (κ1) is 20.6. The lowest BCUT2D eigenvalue weighted by Crippen LogP contribution is -2.45. The van der Waals surface area contributed by atoms with Crippen LogP contribution in [-0.2, 0) is 4.79 Å². The summed E-state index contributed by atoms with van der Waals surface area (Å²) in [6, 6.07) is 0.593. The fourth-order valence-corrected chi connectivity index (χ4v) is 2.52. The monoisotopic (exact) mass is 317 g/mol. The van der Waals surface area contributed by atoms with Gasteiger partial charge in [0.25, 0.3) is 0 Å². The number of amides is 1.